The zero-order chi connectivity index (χ0) is 17.1. The fourth-order valence-electron chi connectivity index (χ4n) is 2.17. The summed E-state index contributed by atoms with van der Waals surface area (Å²) in [5.74, 6) is -0.996. The minimum Gasteiger partial charge on any atom is -0.493 e. The summed E-state index contributed by atoms with van der Waals surface area (Å²) in [4.78, 5) is 23.7. The molecule has 0 amide bonds. The largest absolute Gasteiger partial charge is 0.493 e. The molecule has 0 aliphatic heterocycles. The Labute approximate surface area is 137 Å². The Kier molecular flexibility index (Phi) is 8.80. The first-order chi connectivity index (χ1) is 11.1. The van der Waals surface area contributed by atoms with Gasteiger partial charge >= 0.3 is 11.9 Å². The summed E-state index contributed by atoms with van der Waals surface area (Å²) in [5, 5.41) is 0. The highest BCUT2D eigenvalue weighted by Crippen LogP contribution is 2.18. The van der Waals surface area contributed by atoms with Crippen LogP contribution < -0.4 is 4.74 Å². The number of unbranched alkanes of at least 4 members (excludes halogenated alkanes) is 1. The number of esters is 2. The van der Waals surface area contributed by atoms with E-state index in [1.807, 2.05) is 31.2 Å². The van der Waals surface area contributed by atoms with Crippen LogP contribution in [-0.2, 0) is 19.1 Å². The highest BCUT2D eigenvalue weighted by molar-refractivity contribution is 5.94. The maximum absolute atomic E-state index is 11.8. The van der Waals surface area contributed by atoms with Gasteiger partial charge in [0, 0.05) is 0 Å². The zero-order valence-corrected chi connectivity index (χ0v) is 14.2. The van der Waals surface area contributed by atoms with Gasteiger partial charge in [0.2, 0.25) is 0 Å². The van der Waals surface area contributed by atoms with Crippen LogP contribution in [0.1, 0.15) is 38.7 Å². The SMILES string of the molecule is CCOC(=O)C(CCCCOc1ccccc1C)C(=O)OCC. The van der Waals surface area contributed by atoms with Crippen LogP contribution in [-0.4, -0.2) is 31.8 Å². The zero-order valence-electron chi connectivity index (χ0n) is 14.2. The number of benzene rings is 1. The molecule has 0 heterocycles. The number of carbonyl (C=O) groups excluding carboxylic acids is 2. The minimum atomic E-state index is -0.839. The molecule has 0 spiro atoms. The lowest BCUT2D eigenvalue weighted by Crippen LogP contribution is -2.28. The van der Waals surface area contributed by atoms with Gasteiger partial charge in [-0.1, -0.05) is 18.2 Å². The monoisotopic (exact) mass is 322 g/mol. The lowest BCUT2D eigenvalue weighted by atomic mass is 10.0. The van der Waals surface area contributed by atoms with Crippen molar-refractivity contribution in [1.82, 2.24) is 0 Å². The molecule has 1 aromatic rings. The number of carbonyl (C=O) groups is 2. The van der Waals surface area contributed by atoms with E-state index >= 15 is 0 Å². The van der Waals surface area contributed by atoms with Crippen LogP contribution >= 0.6 is 0 Å². The topological polar surface area (TPSA) is 61.8 Å². The molecule has 0 saturated heterocycles. The molecule has 0 N–H and O–H groups in total. The second-order valence-electron chi connectivity index (χ2n) is 5.17. The molecule has 0 aliphatic rings. The summed E-state index contributed by atoms with van der Waals surface area (Å²) in [6.07, 6.45) is 1.85. The third kappa shape index (κ3) is 6.72. The summed E-state index contributed by atoms with van der Waals surface area (Å²) in [6, 6.07) is 7.81. The Morgan fingerprint density at radius 3 is 2.17 bits per heavy atom. The van der Waals surface area contributed by atoms with E-state index in [1.165, 1.54) is 0 Å². The average Bonchev–Trinajstić information content (AvgIpc) is 2.52. The van der Waals surface area contributed by atoms with Crippen molar-refractivity contribution < 1.29 is 23.8 Å². The molecule has 23 heavy (non-hydrogen) atoms. The van der Waals surface area contributed by atoms with E-state index in [4.69, 9.17) is 14.2 Å². The first-order valence-electron chi connectivity index (χ1n) is 8.11. The summed E-state index contributed by atoms with van der Waals surface area (Å²) >= 11 is 0. The van der Waals surface area contributed by atoms with Gasteiger partial charge in [0.1, 0.15) is 5.75 Å². The third-order valence-electron chi connectivity index (χ3n) is 3.38. The molecule has 0 bridgehead atoms. The number of ether oxygens (including phenoxy) is 3. The van der Waals surface area contributed by atoms with Crippen LogP contribution in [0.25, 0.3) is 0 Å². The van der Waals surface area contributed by atoms with E-state index in [1.54, 1.807) is 13.8 Å². The number of para-hydroxylation sites is 1. The molecule has 0 fully saturated rings. The predicted octanol–water partition coefficient (Wildman–Crippen LogP) is 3.29. The molecular formula is C18H26O5. The maximum Gasteiger partial charge on any atom is 0.320 e. The molecule has 5 nitrogen and oxygen atoms in total. The van der Waals surface area contributed by atoms with Crippen LogP contribution in [0.4, 0.5) is 0 Å². The summed E-state index contributed by atoms with van der Waals surface area (Å²) < 4.78 is 15.6. The molecular weight excluding hydrogens is 296 g/mol. The second-order valence-corrected chi connectivity index (χ2v) is 5.17. The third-order valence-corrected chi connectivity index (χ3v) is 3.38. The molecule has 0 atom stereocenters. The first-order valence-corrected chi connectivity index (χ1v) is 8.11. The van der Waals surface area contributed by atoms with Crippen molar-refractivity contribution in [2.45, 2.75) is 40.0 Å². The molecule has 0 saturated carbocycles. The number of aryl methyl sites for hydroxylation is 1. The molecule has 0 aliphatic carbocycles. The van der Waals surface area contributed by atoms with Gasteiger partial charge in [0.15, 0.2) is 5.92 Å². The fraction of sp³-hybridized carbons (Fsp3) is 0.556. The van der Waals surface area contributed by atoms with E-state index in [-0.39, 0.29) is 13.2 Å². The van der Waals surface area contributed by atoms with Crippen LogP contribution in [0.2, 0.25) is 0 Å². The number of hydrogen-bond donors (Lipinski definition) is 0. The van der Waals surface area contributed by atoms with Crippen molar-refractivity contribution in [3.63, 3.8) is 0 Å². The standard InChI is InChI=1S/C18H26O5/c1-4-21-17(19)15(18(20)22-5-2)11-8-9-13-23-16-12-7-6-10-14(16)3/h6-7,10,12,15H,4-5,8-9,11,13H2,1-3H3. The lowest BCUT2D eigenvalue weighted by molar-refractivity contribution is -0.162. The van der Waals surface area contributed by atoms with Crippen molar-refractivity contribution in [2.24, 2.45) is 5.92 Å². The van der Waals surface area contributed by atoms with Gasteiger partial charge in [-0.15, -0.1) is 0 Å². The molecule has 1 rings (SSSR count). The molecule has 0 unspecified atom stereocenters. The van der Waals surface area contributed by atoms with E-state index in [0.29, 0.717) is 19.4 Å². The van der Waals surface area contributed by atoms with Crippen LogP contribution in [0.15, 0.2) is 24.3 Å². The van der Waals surface area contributed by atoms with E-state index < -0.39 is 17.9 Å². The van der Waals surface area contributed by atoms with Crippen LogP contribution in [0.5, 0.6) is 5.75 Å². The van der Waals surface area contributed by atoms with Gasteiger partial charge in [-0.25, -0.2) is 0 Å². The van der Waals surface area contributed by atoms with E-state index in [2.05, 4.69) is 0 Å². The number of rotatable bonds is 10. The molecule has 128 valence electrons. The van der Waals surface area contributed by atoms with Crippen molar-refractivity contribution in [3.8, 4) is 5.75 Å². The van der Waals surface area contributed by atoms with Gasteiger partial charge in [0.25, 0.3) is 0 Å². The minimum absolute atomic E-state index is 0.255. The van der Waals surface area contributed by atoms with Crippen LogP contribution in [0.3, 0.4) is 0 Å². The first kappa shape index (κ1) is 19.0. The quantitative estimate of drug-likeness (QED) is 0.376. The molecule has 0 radical (unpaired) electrons. The molecule has 0 aromatic heterocycles. The van der Waals surface area contributed by atoms with E-state index in [0.717, 1.165) is 17.7 Å². The Bertz CT molecular complexity index is 480. The molecule has 1 aromatic carbocycles. The highest BCUT2D eigenvalue weighted by atomic mass is 16.6. The lowest BCUT2D eigenvalue weighted by Gasteiger charge is -2.14. The van der Waals surface area contributed by atoms with Gasteiger partial charge in [-0.2, -0.15) is 0 Å². The van der Waals surface area contributed by atoms with Gasteiger partial charge in [0.05, 0.1) is 19.8 Å². The van der Waals surface area contributed by atoms with Gasteiger partial charge < -0.3 is 14.2 Å². The summed E-state index contributed by atoms with van der Waals surface area (Å²) in [7, 11) is 0. The Morgan fingerprint density at radius 1 is 1.00 bits per heavy atom. The van der Waals surface area contributed by atoms with Gasteiger partial charge in [-0.05, 0) is 51.7 Å². The Morgan fingerprint density at radius 2 is 1.61 bits per heavy atom. The normalized spacial score (nSPS) is 10.4. The fourth-order valence-corrected chi connectivity index (χ4v) is 2.17. The Balaban J connectivity index is 2.38. The highest BCUT2D eigenvalue weighted by Gasteiger charge is 2.28. The predicted molar refractivity (Wildman–Crippen MR) is 87.3 cm³/mol. The van der Waals surface area contributed by atoms with Gasteiger partial charge in [-0.3, -0.25) is 9.59 Å². The maximum atomic E-state index is 11.8. The molecule has 5 heteroatoms. The summed E-state index contributed by atoms with van der Waals surface area (Å²) in [5.41, 5.74) is 1.09. The Hall–Kier alpha value is -2.04. The number of hydrogen-bond acceptors (Lipinski definition) is 5. The van der Waals surface area contributed by atoms with Crippen molar-refractivity contribution in [2.75, 3.05) is 19.8 Å². The van der Waals surface area contributed by atoms with Crippen molar-refractivity contribution in [3.05, 3.63) is 29.8 Å². The average molecular weight is 322 g/mol. The van der Waals surface area contributed by atoms with Crippen molar-refractivity contribution >= 4 is 11.9 Å². The second kappa shape index (κ2) is 10.6. The summed E-state index contributed by atoms with van der Waals surface area (Å²) in [6.45, 7) is 6.48. The smallest absolute Gasteiger partial charge is 0.320 e. The van der Waals surface area contributed by atoms with Crippen molar-refractivity contribution in [1.29, 1.82) is 0 Å². The van der Waals surface area contributed by atoms with Crippen LogP contribution in [0, 0.1) is 12.8 Å². The van der Waals surface area contributed by atoms with E-state index in [9.17, 15) is 9.59 Å².